The van der Waals surface area contributed by atoms with E-state index in [-0.39, 0.29) is 5.56 Å². The third-order valence-corrected chi connectivity index (χ3v) is 3.87. The summed E-state index contributed by atoms with van der Waals surface area (Å²) in [5.41, 5.74) is 1.84. The molecule has 1 heterocycles. The molecule has 3 heteroatoms. The van der Waals surface area contributed by atoms with E-state index in [0.29, 0.717) is 6.61 Å². The second-order valence-corrected chi connectivity index (χ2v) is 5.49. The number of ether oxygens (including phenoxy) is 1. The normalized spacial score (nSPS) is 11.0. The molecule has 2 aromatic rings. The summed E-state index contributed by atoms with van der Waals surface area (Å²) in [6.45, 7) is 4.96. The van der Waals surface area contributed by atoms with Crippen molar-refractivity contribution in [3.05, 3.63) is 40.2 Å². The Labute approximate surface area is 126 Å². The largest absolute Gasteiger partial charge is 0.492 e. The van der Waals surface area contributed by atoms with Crippen molar-refractivity contribution < 1.29 is 4.74 Å². The van der Waals surface area contributed by atoms with Gasteiger partial charge in [-0.3, -0.25) is 4.79 Å². The smallest absolute Gasteiger partial charge is 0.257 e. The predicted octanol–water partition coefficient (Wildman–Crippen LogP) is 4.06. The molecule has 0 amide bonds. The lowest BCUT2D eigenvalue weighted by molar-refractivity contribution is 0.308. The fraction of sp³-hybridized carbons (Fsp3) is 0.500. The number of pyridine rings is 1. The SMILES string of the molecule is CCCCOc1c(CCCC)c(=O)n(C)c2ccccc12. The van der Waals surface area contributed by atoms with Gasteiger partial charge in [0, 0.05) is 12.4 Å². The Bertz CT molecular complexity index is 658. The summed E-state index contributed by atoms with van der Waals surface area (Å²) in [6, 6.07) is 7.99. The molecule has 0 unspecified atom stereocenters. The van der Waals surface area contributed by atoms with Gasteiger partial charge < -0.3 is 9.30 Å². The zero-order chi connectivity index (χ0) is 15.2. The van der Waals surface area contributed by atoms with E-state index in [1.807, 2.05) is 31.3 Å². The van der Waals surface area contributed by atoms with Crippen molar-refractivity contribution in [2.75, 3.05) is 6.61 Å². The molecule has 0 bridgehead atoms. The first-order valence-corrected chi connectivity index (χ1v) is 7.94. The van der Waals surface area contributed by atoms with E-state index in [2.05, 4.69) is 13.8 Å². The number of hydrogen-bond acceptors (Lipinski definition) is 2. The molecule has 0 aliphatic heterocycles. The van der Waals surface area contributed by atoms with Crippen molar-refractivity contribution in [1.29, 1.82) is 0 Å². The minimum Gasteiger partial charge on any atom is -0.492 e. The van der Waals surface area contributed by atoms with E-state index in [1.54, 1.807) is 4.57 Å². The van der Waals surface area contributed by atoms with Crippen molar-refractivity contribution in [2.45, 2.75) is 46.0 Å². The van der Waals surface area contributed by atoms with E-state index >= 15 is 0 Å². The molecule has 0 fully saturated rings. The molecule has 0 aliphatic carbocycles. The van der Waals surface area contributed by atoms with E-state index in [9.17, 15) is 4.79 Å². The first-order valence-electron chi connectivity index (χ1n) is 7.94. The fourth-order valence-electron chi connectivity index (χ4n) is 2.59. The lowest BCUT2D eigenvalue weighted by atomic mass is 10.1. The third-order valence-electron chi connectivity index (χ3n) is 3.87. The zero-order valence-corrected chi connectivity index (χ0v) is 13.3. The van der Waals surface area contributed by atoms with Gasteiger partial charge in [-0.25, -0.2) is 0 Å². The highest BCUT2D eigenvalue weighted by Crippen LogP contribution is 2.28. The summed E-state index contributed by atoms with van der Waals surface area (Å²) in [4.78, 5) is 12.6. The number of nitrogens with zero attached hydrogens (tertiary/aromatic N) is 1. The molecule has 0 saturated heterocycles. The number of para-hydroxylation sites is 1. The number of rotatable bonds is 7. The van der Waals surface area contributed by atoms with Crippen LogP contribution in [0.5, 0.6) is 5.75 Å². The molecule has 114 valence electrons. The van der Waals surface area contributed by atoms with Gasteiger partial charge in [-0.2, -0.15) is 0 Å². The van der Waals surface area contributed by atoms with E-state index in [0.717, 1.165) is 54.3 Å². The van der Waals surface area contributed by atoms with Crippen LogP contribution >= 0.6 is 0 Å². The van der Waals surface area contributed by atoms with E-state index < -0.39 is 0 Å². The maximum absolute atomic E-state index is 12.6. The van der Waals surface area contributed by atoms with Crippen LogP contribution in [0.1, 0.15) is 45.1 Å². The quantitative estimate of drug-likeness (QED) is 0.719. The Hall–Kier alpha value is -1.77. The lowest BCUT2D eigenvalue weighted by Gasteiger charge is -2.16. The zero-order valence-electron chi connectivity index (χ0n) is 13.3. The average Bonchev–Trinajstić information content (AvgIpc) is 2.51. The van der Waals surface area contributed by atoms with Crippen LogP contribution in [0.15, 0.2) is 29.1 Å². The van der Waals surface area contributed by atoms with Gasteiger partial charge in [0.25, 0.3) is 5.56 Å². The summed E-state index contributed by atoms with van der Waals surface area (Å²) in [6.07, 6.45) is 4.97. The molecular weight excluding hydrogens is 262 g/mol. The first kappa shape index (κ1) is 15.6. The summed E-state index contributed by atoms with van der Waals surface area (Å²) in [5, 5.41) is 1.04. The minimum atomic E-state index is 0.0775. The van der Waals surface area contributed by atoms with Gasteiger partial charge in [0.1, 0.15) is 5.75 Å². The standard InChI is InChI=1S/C18H25NO2/c1-4-6-10-15-17(21-13-7-5-2)14-11-8-9-12-16(14)19(3)18(15)20/h8-9,11-12H,4-7,10,13H2,1-3H3. The molecule has 0 N–H and O–H groups in total. The van der Waals surface area contributed by atoms with Crippen LogP contribution in [0, 0.1) is 0 Å². The third kappa shape index (κ3) is 3.29. The molecule has 3 nitrogen and oxygen atoms in total. The van der Waals surface area contributed by atoms with Crippen LogP contribution in [-0.2, 0) is 13.5 Å². The molecule has 0 radical (unpaired) electrons. The van der Waals surface area contributed by atoms with E-state index in [4.69, 9.17) is 4.74 Å². The number of fused-ring (bicyclic) bond motifs is 1. The van der Waals surface area contributed by atoms with E-state index in [1.165, 1.54) is 0 Å². The predicted molar refractivity (Wildman–Crippen MR) is 88.2 cm³/mol. The Morgan fingerprint density at radius 2 is 1.81 bits per heavy atom. The van der Waals surface area contributed by atoms with Crippen LogP contribution in [-0.4, -0.2) is 11.2 Å². The second kappa shape index (κ2) is 7.30. The van der Waals surface area contributed by atoms with Gasteiger partial charge in [0.15, 0.2) is 0 Å². The van der Waals surface area contributed by atoms with Crippen LogP contribution in [0.2, 0.25) is 0 Å². The molecule has 1 aromatic carbocycles. The summed E-state index contributed by atoms with van der Waals surface area (Å²) in [5.74, 6) is 0.801. The van der Waals surface area contributed by atoms with Crippen molar-refractivity contribution in [1.82, 2.24) is 4.57 Å². The van der Waals surface area contributed by atoms with Crippen LogP contribution < -0.4 is 10.3 Å². The van der Waals surface area contributed by atoms with Crippen molar-refractivity contribution in [2.24, 2.45) is 7.05 Å². The molecule has 1 aromatic heterocycles. The monoisotopic (exact) mass is 287 g/mol. The van der Waals surface area contributed by atoms with Crippen molar-refractivity contribution in [3.8, 4) is 5.75 Å². The number of unbranched alkanes of at least 4 members (excludes halogenated alkanes) is 2. The number of benzene rings is 1. The Morgan fingerprint density at radius 1 is 1.10 bits per heavy atom. The Morgan fingerprint density at radius 3 is 2.52 bits per heavy atom. The van der Waals surface area contributed by atoms with Gasteiger partial charge in [0.05, 0.1) is 17.7 Å². The molecule has 21 heavy (non-hydrogen) atoms. The van der Waals surface area contributed by atoms with Crippen LogP contribution in [0.25, 0.3) is 10.9 Å². The topological polar surface area (TPSA) is 31.2 Å². The average molecular weight is 287 g/mol. The van der Waals surface area contributed by atoms with Crippen molar-refractivity contribution in [3.63, 3.8) is 0 Å². The Kier molecular flexibility index (Phi) is 5.43. The van der Waals surface area contributed by atoms with Crippen molar-refractivity contribution >= 4 is 10.9 Å². The lowest BCUT2D eigenvalue weighted by Crippen LogP contribution is -2.23. The summed E-state index contributed by atoms with van der Waals surface area (Å²) >= 11 is 0. The van der Waals surface area contributed by atoms with Gasteiger partial charge in [-0.15, -0.1) is 0 Å². The van der Waals surface area contributed by atoms with Gasteiger partial charge in [0.2, 0.25) is 0 Å². The Balaban J connectivity index is 2.57. The maximum Gasteiger partial charge on any atom is 0.257 e. The van der Waals surface area contributed by atoms with Crippen LogP contribution in [0.3, 0.4) is 0 Å². The highest BCUT2D eigenvalue weighted by atomic mass is 16.5. The maximum atomic E-state index is 12.6. The summed E-state index contributed by atoms with van der Waals surface area (Å²) in [7, 11) is 1.84. The number of hydrogen-bond donors (Lipinski definition) is 0. The molecule has 0 aliphatic rings. The van der Waals surface area contributed by atoms with Gasteiger partial charge in [-0.1, -0.05) is 38.8 Å². The minimum absolute atomic E-state index is 0.0775. The number of aryl methyl sites for hydroxylation is 1. The molecular formula is C18H25NO2. The first-order chi connectivity index (χ1) is 10.2. The molecule has 0 spiro atoms. The molecule has 2 rings (SSSR count). The second-order valence-electron chi connectivity index (χ2n) is 5.49. The molecule has 0 atom stereocenters. The highest BCUT2D eigenvalue weighted by molar-refractivity contribution is 5.86. The molecule has 0 saturated carbocycles. The fourth-order valence-corrected chi connectivity index (χ4v) is 2.59. The van der Waals surface area contributed by atoms with Crippen LogP contribution in [0.4, 0.5) is 0 Å². The summed E-state index contributed by atoms with van der Waals surface area (Å²) < 4.78 is 7.75. The van der Waals surface area contributed by atoms with Gasteiger partial charge >= 0.3 is 0 Å². The van der Waals surface area contributed by atoms with Gasteiger partial charge in [-0.05, 0) is 31.4 Å². The highest BCUT2D eigenvalue weighted by Gasteiger charge is 2.15. The number of aromatic nitrogens is 1.